The Bertz CT molecular complexity index is 822. The lowest BCUT2D eigenvalue weighted by Gasteiger charge is -2.15. The van der Waals surface area contributed by atoms with Crippen LogP contribution < -0.4 is 14.8 Å². The van der Waals surface area contributed by atoms with Gasteiger partial charge in [0, 0.05) is 11.8 Å². The normalized spacial score (nSPS) is 11.4. The molecule has 0 saturated heterocycles. The number of ether oxygens (including phenoxy) is 3. The van der Waals surface area contributed by atoms with E-state index in [0.29, 0.717) is 22.9 Å². The van der Waals surface area contributed by atoms with Crippen molar-refractivity contribution in [3.8, 4) is 11.5 Å². The Hall–Kier alpha value is -2.87. The molecule has 1 heterocycles. The summed E-state index contributed by atoms with van der Waals surface area (Å²) in [5, 5.41) is 2.67. The lowest BCUT2D eigenvalue weighted by molar-refractivity contribution is -0.119. The summed E-state index contributed by atoms with van der Waals surface area (Å²) < 4.78 is 15.7. The van der Waals surface area contributed by atoms with E-state index in [1.165, 1.54) is 39.4 Å². The van der Waals surface area contributed by atoms with Gasteiger partial charge in [0.25, 0.3) is 0 Å². The molecule has 1 aromatic carbocycles. The fourth-order valence-corrected chi connectivity index (χ4v) is 3.31. The Morgan fingerprint density at radius 3 is 2.26 bits per heavy atom. The molecule has 0 saturated carbocycles. The van der Waals surface area contributed by atoms with Gasteiger partial charge < -0.3 is 19.5 Å². The average Bonchev–Trinajstić information content (AvgIpc) is 3.13. The molecule has 1 atom stereocenters. The summed E-state index contributed by atoms with van der Waals surface area (Å²) in [4.78, 5) is 37.4. The number of ketones is 1. The van der Waals surface area contributed by atoms with Crippen LogP contribution in [0.1, 0.15) is 38.8 Å². The first kappa shape index (κ1) is 20.4. The van der Waals surface area contributed by atoms with Crippen molar-refractivity contribution in [1.82, 2.24) is 5.32 Å². The lowest BCUT2D eigenvalue weighted by atomic mass is 10.1. The fraction of sp³-hybridized carbons (Fsp3) is 0.316. The average molecular weight is 391 g/mol. The van der Waals surface area contributed by atoms with Crippen molar-refractivity contribution >= 4 is 29.0 Å². The summed E-state index contributed by atoms with van der Waals surface area (Å²) in [7, 11) is 2.87. The van der Waals surface area contributed by atoms with E-state index in [-0.39, 0.29) is 17.3 Å². The predicted octanol–water partition coefficient (Wildman–Crippen LogP) is 2.83. The molecule has 144 valence electrons. The van der Waals surface area contributed by atoms with Crippen molar-refractivity contribution in [2.45, 2.75) is 26.5 Å². The molecule has 1 aromatic heterocycles. The van der Waals surface area contributed by atoms with E-state index in [9.17, 15) is 14.4 Å². The molecule has 0 aliphatic carbocycles. The lowest BCUT2D eigenvalue weighted by Crippen LogP contribution is -2.24. The fourth-order valence-electron chi connectivity index (χ4n) is 2.34. The highest BCUT2D eigenvalue weighted by Crippen LogP contribution is 2.29. The van der Waals surface area contributed by atoms with Gasteiger partial charge in [-0.2, -0.15) is 0 Å². The molecule has 7 nitrogen and oxygen atoms in total. The minimum atomic E-state index is -0.987. The summed E-state index contributed by atoms with van der Waals surface area (Å²) in [5.74, 6) is -0.582. The van der Waals surface area contributed by atoms with Crippen LogP contribution in [-0.2, 0) is 16.1 Å². The van der Waals surface area contributed by atoms with Gasteiger partial charge >= 0.3 is 5.97 Å². The second-order valence-electron chi connectivity index (χ2n) is 5.63. The van der Waals surface area contributed by atoms with E-state index >= 15 is 0 Å². The Kier molecular flexibility index (Phi) is 6.95. The smallest absolute Gasteiger partial charge is 0.346 e. The van der Waals surface area contributed by atoms with Crippen LogP contribution in [-0.4, -0.2) is 38.0 Å². The Labute approximate surface area is 161 Å². The highest BCUT2D eigenvalue weighted by molar-refractivity contribution is 7.14. The first-order valence-corrected chi connectivity index (χ1v) is 8.98. The van der Waals surface area contributed by atoms with E-state index in [1.54, 1.807) is 30.3 Å². The Morgan fingerprint density at radius 2 is 1.70 bits per heavy atom. The number of carbonyl (C=O) groups excluding carboxylic acids is 3. The third-order valence-electron chi connectivity index (χ3n) is 3.70. The molecule has 2 aromatic rings. The first-order valence-electron chi connectivity index (χ1n) is 8.16. The van der Waals surface area contributed by atoms with Crippen molar-refractivity contribution in [2.75, 3.05) is 14.2 Å². The van der Waals surface area contributed by atoms with Gasteiger partial charge in [-0.15, -0.1) is 11.3 Å². The highest BCUT2D eigenvalue weighted by atomic mass is 32.1. The maximum atomic E-state index is 12.6. The molecule has 0 fully saturated rings. The Balaban J connectivity index is 2.11. The topological polar surface area (TPSA) is 90.9 Å². The number of carbonyl (C=O) groups is 3. The number of hydrogen-bond acceptors (Lipinski definition) is 7. The van der Waals surface area contributed by atoms with Gasteiger partial charge in [-0.1, -0.05) is 6.07 Å². The molecule has 0 radical (unpaired) electrons. The molecule has 0 spiro atoms. The molecule has 0 aliphatic rings. The van der Waals surface area contributed by atoms with Gasteiger partial charge in [0.2, 0.25) is 11.7 Å². The summed E-state index contributed by atoms with van der Waals surface area (Å²) in [6.45, 7) is 3.28. The van der Waals surface area contributed by atoms with Crippen LogP contribution in [0.3, 0.4) is 0 Å². The molecule has 0 aliphatic heterocycles. The third kappa shape index (κ3) is 5.07. The van der Waals surface area contributed by atoms with Crippen molar-refractivity contribution in [3.63, 3.8) is 0 Å². The third-order valence-corrected chi connectivity index (χ3v) is 4.80. The second-order valence-corrected chi connectivity index (χ2v) is 6.79. The van der Waals surface area contributed by atoms with Crippen LogP contribution in [0, 0.1) is 0 Å². The van der Waals surface area contributed by atoms with E-state index in [0.717, 1.165) is 4.88 Å². The molecule has 2 rings (SSSR count). The number of hydrogen-bond donors (Lipinski definition) is 1. The van der Waals surface area contributed by atoms with Crippen molar-refractivity contribution in [1.29, 1.82) is 0 Å². The number of benzene rings is 1. The zero-order chi connectivity index (χ0) is 20.0. The molecule has 1 unspecified atom stereocenters. The van der Waals surface area contributed by atoms with Crippen molar-refractivity contribution in [2.24, 2.45) is 0 Å². The highest BCUT2D eigenvalue weighted by Gasteiger charge is 2.26. The first-order chi connectivity index (χ1) is 12.9. The minimum absolute atomic E-state index is 0.125. The predicted molar refractivity (Wildman–Crippen MR) is 101 cm³/mol. The monoisotopic (exact) mass is 391 g/mol. The van der Waals surface area contributed by atoms with Crippen LogP contribution in [0.2, 0.25) is 0 Å². The number of nitrogens with one attached hydrogen (secondary N) is 1. The van der Waals surface area contributed by atoms with Crippen LogP contribution in [0.4, 0.5) is 0 Å². The van der Waals surface area contributed by atoms with Gasteiger partial charge in [-0.05, 0) is 31.2 Å². The molecule has 8 heteroatoms. The molecular weight excluding hydrogens is 370 g/mol. The number of amides is 1. The zero-order valence-corrected chi connectivity index (χ0v) is 16.3. The Morgan fingerprint density at radius 1 is 1.07 bits per heavy atom. The largest absolute Gasteiger partial charge is 0.496 e. The molecule has 1 N–H and O–H groups in total. The summed E-state index contributed by atoms with van der Waals surface area (Å²) in [6.07, 6.45) is -0.987. The number of rotatable bonds is 8. The van der Waals surface area contributed by atoms with Crippen LogP contribution in [0.15, 0.2) is 30.3 Å². The second kappa shape index (κ2) is 9.18. The van der Waals surface area contributed by atoms with Gasteiger partial charge in [0.1, 0.15) is 17.1 Å². The summed E-state index contributed by atoms with van der Waals surface area (Å²) in [5.41, 5.74) is 0.125. The molecule has 27 heavy (non-hydrogen) atoms. The maximum Gasteiger partial charge on any atom is 0.346 e. The number of thiophene rings is 1. The maximum absolute atomic E-state index is 12.6. The standard InChI is InChI=1S/C19H21NO6S/c1-11(18(22)16-9-8-13(27-16)10-20-12(2)21)26-19(23)17-14(24-3)6-5-7-15(17)25-4/h5-9,11H,10H2,1-4H3,(H,20,21). The minimum Gasteiger partial charge on any atom is -0.496 e. The number of methoxy groups -OCH3 is 2. The quantitative estimate of drug-likeness (QED) is 0.550. The molecular formula is C19H21NO6S. The van der Waals surface area contributed by atoms with Crippen LogP contribution in [0.5, 0.6) is 11.5 Å². The van der Waals surface area contributed by atoms with E-state index in [1.807, 2.05) is 0 Å². The molecule has 1 amide bonds. The summed E-state index contributed by atoms with van der Waals surface area (Å²) in [6, 6.07) is 8.31. The number of esters is 1. The van der Waals surface area contributed by atoms with Crippen molar-refractivity contribution < 1.29 is 28.6 Å². The van der Waals surface area contributed by atoms with E-state index in [4.69, 9.17) is 14.2 Å². The van der Waals surface area contributed by atoms with Crippen molar-refractivity contribution in [3.05, 3.63) is 45.6 Å². The van der Waals surface area contributed by atoms with Crippen LogP contribution in [0.25, 0.3) is 0 Å². The zero-order valence-electron chi connectivity index (χ0n) is 15.5. The van der Waals surface area contributed by atoms with Gasteiger partial charge in [0.05, 0.1) is 25.6 Å². The van der Waals surface area contributed by atoms with E-state index < -0.39 is 12.1 Å². The summed E-state index contributed by atoms with van der Waals surface area (Å²) >= 11 is 1.24. The van der Waals surface area contributed by atoms with Crippen LogP contribution >= 0.6 is 11.3 Å². The SMILES string of the molecule is COc1cccc(OC)c1C(=O)OC(C)C(=O)c1ccc(CNC(C)=O)s1. The molecule has 0 bridgehead atoms. The van der Waals surface area contributed by atoms with Gasteiger partial charge in [-0.25, -0.2) is 4.79 Å². The van der Waals surface area contributed by atoms with Gasteiger partial charge in [-0.3, -0.25) is 9.59 Å². The van der Waals surface area contributed by atoms with E-state index in [2.05, 4.69) is 5.32 Å². The number of Topliss-reactive ketones (excluding diaryl/α,β-unsaturated/α-hetero) is 1. The van der Waals surface area contributed by atoms with Gasteiger partial charge in [0.15, 0.2) is 6.10 Å².